The summed E-state index contributed by atoms with van der Waals surface area (Å²) in [6, 6.07) is 8.23. The molecule has 0 radical (unpaired) electrons. The van der Waals surface area contributed by atoms with Gasteiger partial charge in [-0.15, -0.1) is 0 Å². The molecule has 0 N–H and O–H groups in total. The van der Waals surface area contributed by atoms with Gasteiger partial charge in [0.2, 0.25) is 5.91 Å². The maximum atomic E-state index is 13.2. The fourth-order valence-corrected chi connectivity index (χ4v) is 4.64. The van der Waals surface area contributed by atoms with Gasteiger partial charge in [-0.3, -0.25) is 14.7 Å². The Morgan fingerprint density at radius 3 is 2.73 bits per heavy atom. The summed E-state index contributed by atoms with van der Waals surface area (Å²) >= 11 is 1.61. The van der Waals surface area contributed by atoms with Crippen molar-refractivity contribution in [3.05, 3.63) is 53.3 Å². The zero-order valence-corrected chi connectivity index (χ0v) is 16.1. The number of anilines is 1. The summed E-state index contributed by atoms with van der Waals surface area (Å²) < 4.78 is 1.14. The largest absolute Gasteiger partial charge is 0.283 e. The maximum Gasteiger partial charge on any atom is 0.232 e. The molecule has 1 aromatic carbocycles. The summed E-state index contributed by atoms with van der Waals surface area (Å²) in [4.78, 5) is 24.1. The van der Waals surface area contributed by atoms with Gasteiger partial charge in [-0.25, -0.2) is 4.98 Å². The smallest absolute Gasteiger partial charge is 0.232 e. The highest BCUT2D eigenvalue weighted by Crippen LogP contribution is 2.34. The van der Waals surface area contributed by atoms with E-state index in [2.05, 4.69) is 31.0 Å². The molecule has 2 aromatic heterocycles. The molecule has 5 heteroatoms. The Kier molecular flexibility index (Phi) is 4.72. The third-order valence-corrected chi connectivity index (χ3v) is 6.30. The number of benzene rings is 1. The van der Waals surface area contributed by atoms with E-state index in [4.69, 9.17) is 4.98 Å². The van der Waals surface area contributed by atoms with Crippen LogP contribution in [0.3, 0.4) is 0 Å². The van der Waals surface area contributed by atoms with Crippen LogP contribution in [0.4, 0.5) is 5.13 Å². The van der Waals surface area contributed by atoms with E-state index in [9.17, 15) is 4.79 Å². The lowest BCUT2D eigenvalue weighted by molar-refractivity contribution is -0.122. The number of hydrogen-bond donors (Lipinski definition) is 0. The number of hydrogen-bond acceptors (Lipinski definition) is 4. The van der Waals surface area contributed by atoms with Crippen molar-refractivity contribution in [2.45, 2.75) is 46.1 Å². The number of aryl methyl sites for hydroxylation is 2. The lowest BCUT2D eigenvalue weighted by Gasteiger charge is -2.23. The average molecular weight is 366 g/mol. The van der Waals surface area contributed by atoms with Crippen LogP contribution in [-0.4, -0.2) is 15.9 Å². The molecule has 26 heavy (non-hydrogen) atoms. The summed E-state index contributed by atoms with van der Waals surface area (Å²) in [6.45, 7) is 4.75. The number of aromatic nitrogens is 2. The first-order valence-electron chi connectivity index (χ1n) is 9.20. The molecule has 3 aromatic rings. The third kappa shape index (κ3) is 3.36. The maximum absolute atomic E-state index is 13.2. The normalized spacial score (nSPS) is 14.8. The number of thiazole rings is 1. The van der Waals surface area contributed by atoms with Crippen LogP contribution >= 0.6 is 11.3 Å². The quantitative estimate of drug-likeness (QED) is 0.651. The number of nitrogens with zero attached hydrogens (tertiary/aromatic N) is 3. The zero-order chi connectivity index (χ0) is 18.1. The number of pyridine rings is 1. The van der Waals surface area contributed by atoms with E-state index in [-0.39, 0.29) is 11.8 Å². The second-order valence-corrected chi connectivity index (χ2v) is 8.18. The molecule has 0 spiro atoms. The number of carbonyl (C=O) groups is 1. The molecule has 1 saturated carbocycles. The SMILES string of the molecule is Cc1cc2nc(N(Cc3cccnc3)C(=O)C3CCCC3)sc2cc1C. The molecule has 2 heterocycles. The van der Waals surface area contributed by atoms with E-state index in [0.717, 1.165) is 46.6 Å². The van der Waals surface area contributed by atoms with Gasteiger partial charge >= 0.3 is 0 Å². The minimum Gasteiger partial charge on any atom is -0.283 e. The highest BCUT2D eigenvalue weighted by atomic mass is 32.1. The molecule has 1 aliphatic carbocycles. The minimum atomic E-state index is 0.127. The Morgan fingerprint density at radius 1 is 1.23 bits per heavy atom. The lowest BCUT2D eigenvalue weighted by Crippen LogP contribution is -2.34. The van der Waals surface area contributed by atoms with E-state index < -0.39 is 0 Å². The van der Waals surface area contributed by atoms with Gasteiger partial charge in [0.15, 0.2) is 5.13 Å². The summed E-state index contributed by atoms with van der Waals surface area (Å²) in [6.07, 6.45) is 7.87. The van der Waals surface area contributed by atoms with Crippen LogP contribution in [0.15, 0.2) is 36.7 Å². The van der Waals surface area contributed by atoms with Gasteiger partial charge in [-0.2, -0.15) is 0 Å². The Hall–Kier alpha value is -2.27. The predicted octanol–water partition coefficient (Wildman–Crippen LogP) is 5.03. The van der Waals surface area contributed by atoms with Crippen LogP contribution in [0.25, 0.3) is 10.2 Å². The topological polar surface area (TPSA) is 46.1 Å². The molecule has 0 unspecified atom stereocenters. The van der Waals surface area contributed by atoms with Crippen molar-refractivity contribution in [1.82, 2.24) is 9.97 Å². The van der Waals surface area contributed by atoms with Gasteiger partial charge in [0.1, 0.15) is 0 Å². The van der Waals surface area contributed by atoms with Crippen molar-refractivity contribution in [2.24, 2.45) is 5.92 Å². The summed E-state index contributed by atoms with van der Waals surface area (Å²) in [5.74, 6) is 0.334. The molecule has 1 aliphatic rings. The minimum absolute atomic E-state index is 0.127. The standard InChI is InChI=1S/C21H23N3OS/c1-14-10-18-19(11-15(14)2)26-21(23-18)24(13-16-6-5-9-22-12-16)20(25)17-7-3-4-8-17/h5-6,9-12,17H,3-4,7-8,13H2,1-2H3. The van der Waals surface area contributed by atoms with Crippen molar-refractivity contribution < 1.29 is 4.79 Å². The summed E-state index contributed by atoms with van der Waals surface area (Å²) in [5.41, 5.74) is 4.50. The Bertz CT molecular complexity index is 890. The van der Waals surface area contributed by atoms with Crippen LogP contribution in [0.1, 0.15) is 42.4 Å². The van der Waals surface area contributed by atoms with Crippen LogP contribution in [-0.2, 0) is 11.3 Å². The van der Waals surface area contributed by atoms with E-state index in [1.54, 1.807) is 17.5 Å². The van der Waals surface area contributed by atoms with Gasteiger partial charge in [0, 0.05) is 18.3 Å². The first kappa shape index (κ1) is 17.2. The van der Waals surface area contributed by atoms with E-state index >= 15 is 0 Å². The first-order chi connectivity index (χ1) is 12.6. The van der Waals surface area contributed by atoms with Gasteiger partial charge < -0.3 is 0 Å². The van der Waals surface area contributed by atoms with Gasteiger partial charge in [-0.05, 0) is 61.6 Å². The molecule has 0 bridgehead atoms. The lowest BCUT2D eigenvalue weighted by atomic mass is 10.1. The molecule has 0 saturated heterocycles. The number of amides is 1. The van der Waals surface area contributed by atoms with Crippen LogP contribution < -0.4 is 4.90 Å². The van der Waals surface area contributed by atoms with Crippen molar-refractivity contribution >= 4 is 32.6 Å². The first-order valence-corrected chi connectivity index (χ1v) is 10.0. The summed E-state index contributed by atoms with van der Waals surface area (Å²) in [5, 5.41) is 0.797. The van der Waals surface area contributed by atoms with Gasteiger partial charge in [0.05, 0.1) is 16.8 Å². The monoisotopic (exact) mass is 365 g/mol. The van der Waals surface area contributed by atoms with Gasteiger partial charge in [-0.1, -0.05) is 30.2 Å². The van der Waals surface area contributed by atoms with Crippen molar-refractivity contribution in [3.8, 4) is 0 Å². The van der Waals surface area contributed by atoms with Crippen LogP contribution in [0, 0.1) is 19.8 Å². The fraction of sp³-hybridized carbons (Fsp3) is 0.381. The molecular weight excluding hydrogens is 342 g/mol. The molecule has 1 amide bonds. The zero-order valence-electron chi connectivity index (χ0n) is 15.2. The number of fused-ring (bicyclic) bond motifs is 1. The summed E-state index contributed by atoms with van der Waals surface area (Å²) in [7, 11) is 0. The van der Waals surface area contributed by atoms with E-state index in [1.165, 1.54) is 11.1 Å². The molecular formula is C21H23N3OS. The molecule has 4 nitrogen and oxygen atoms in total. The Morgan fingerprint density at radius 2 is 2.00 bits per heavy atom. The number of carbonyl (C=O) groups excluding carboxylic acids is 1. The number of rotatable bonds is 4. The Balaban J connectivity index is 1.72. The second-order valence-electron chi connectivity index (χ2n) is 7.17. The van der Waals surface area contributed by atoms with Crippen molar-refractivity contribution in [3.63, 3.8) is 0 Å². The highest BCUT2D eigenvalue weighted by molar-refractivity contribution is 7.22. The third-order valence-electron chi connectivity index (χ3n) is 5.26. The predicted molar refractivity (Wildman–Crippen MR) is 106 cm³/mol. The second kappa shape index (κ2) is 7.16. The molecule has 0 atom stereocenters. The van der Waals surface area contributed by atoms with Gasteiger partial charge in [0.25, 0.3) is 0 Å². The highest BCUT2D eigenvalue weighted by Gasteiger charge is 2.30. The molecule has 134 valence electrons. The van der Waals surface area contributed by atoms with E-state index in [0.29, 0.717) is 6.54 Å². The fourth-order valence-electron chi connectivity index (χ4n) is 3.59. The Labute approximate surface area is 157 Å². The van der Waals surface area contributed by atoms with Crippen LogP contribution in [0.5, 0.6) is 0 Å². The van der Waals surface area contributed by atoms with Crippen molar-refractivity contribution in [2.75, 3.05) is 4.90 Å². The molecule has 0 aliphatic heterocycles. The molecule has 4 rings (SSSR count). The van der Waals surface area contributed by atoms with Crippen LogP contribution in [0.2, 0.25) is 0 Å². The van der Waals surface area contributed by atoms with E-state index in [1.807, 2.05) is 23.2 Å². The van der Waals surface area contributed by atoms with Crippen molar-refractivity contribution in [1.29, 1.82) is 0 Å². The average Bonchev–Trinajstić information content (AvgIpc) is 3.30. The molecule has 1 fully saturated rings.